The molecule has 4 rings (SSSR count). The molecule has 94 valence electrons. The van der Waals surface area contributed by atoms with Crippen molar-refractivity contribution < 1.29 is 0 Å². The van der Waals surface area contributed by atoms with Crippen LogP contribution in [-0.4, -0.2) is 15.0 Å². The molecule has 1 aliphatic rings. The number of aromatic amines is 1. The number of H-pyrrole nitrogens is 1. The van der Waals surface area contributed by atoms with Crippen molar-refractivity contribution in [3.8, 4) is 0 Å². The van der Waals surface area contributed by atoms with Crippen molar-refractivity contribution in [1.29, 1.82) is 0 Å². The molecule has 0 amide bonds. The molecule has 3 heteroatoms. The Bertz CT molecular complexity index is 730. The normalized spacial score (nSPS) is 21.7. The number of rotatable bonds is 2. The van der Waals surface area contributed by atoms with Gasteiger partial charge >= 0.3 is 0 Å². The second-order valence-electron chi connectivity index (χ2n) is 5.31. The van der Waals surface area contributed by atoms with Gasteiger partial charge in [-0.15, -0.1) is 0 Å². The standard InChI is InChI=1S/C16H15N3/c1-10-7-8-14-16(17-10)19-15(18-14)13-9-12(13)11-5-3-2-4-6-11/h2-8,12-13H,9H2,1H3,(H,17,18,19). The lowest BCUT2D eigenvalue weighted by Gasteiger charge is -1.97. The van der Waals surface area contributed by atoms with Gasteiger partial charge < -0.3 is 4.98 Å². The van der Waals surface area contributed by atoms with E-state index in [-0.39, 0.29) is 0 Å². The van der Waals surface area contributed by atoms with E-state index in [9.17, 15) is 0 Å². The molecule has 0 spiro atoms. The lowest BCUT2D eigenvalue weighted by Crippen LogP contribution is -1.86. The molecule has 3 aromatic rings. The van der Waals surface area contributed by atoms with Crippen molar-refractivity contribution in [3.63, 3.8) is 0 Å². The molecule has 0 aliphatic heterocycles. The Morgan fingerprint density at radius 3 is 2.68 bits per heavy atom. The van der Waals surface area contributed by atoms with Gasteiger partial charge in [0, 0.05) is 11.6 Å². The average molecular weight is 249 g/mol. The summed E-state index contributed by atoms with van der Waals surface area (Å²) >= 11 is 0. The van der Waals surface area contributed by atoms with E-state index in [0.29, 0.717) is 11.8 Å². The molecule has 19 heavy (non-hydrogen) atoms. The van der Waals surface area contributed by atoms with Gasteiger partial charge in [-0.2, -0.15) is 0 Å². The number of pyridine rings is 1. The van der Waals surface area contributed by atoms with E-state index in [4.69, 9.17) is 0 Å². The van der Waals surface area contributed by atoms with Crippen LogP contribution >= 0.6 is 0 Å². The maximum absolute atomic E-state index is 4.64. The van der Waals surface area contributed by atoms with Crippen molar-refractivity contribution in [2.45, 2.75) is 25.2 Å². The number of imidazole rings is 1. The first-order valence-corrected chi connectivity index (χ1v) is 6.69. The first kappa shape index (κ1) is 10.7. The zero-order chi connectivity index (χ0) is 12.8. The van der Waals surface area contributed by atoms with Gasteiger partial charge in [0.25, 0.3) is 0 Å². The van der Waals surface area contributed by atoms with Crippen molar-refractivity contribution in [3.05, 3.63) is 59.5 Å². The Morgan fingerprint density at radius 2 is 1.84 bits per heavy atom. The summed E-state index contributed by atoms with van der Waals surface area (Å²) < 4.78 is 0. The van der Waals surface area contributed by atoms with Crippen molar-refractivity contribution in [2.24, 2.45) is 0 Å². The SMILES string of the molecule is Cc1ccc2[nH]c(C3CC3c3ccccc3)nc2n1. The maximum atomic E-state index is 4.64. The van der Waals surface area contributed by atoms with Gasteiger partial charge in [-0.3, -0.25) is 0 Å². The predicted octanol–water partition coefficient (Wildman–Crippen LogP) is 3.54. The summed E-state index contributed by atoms with van der Waals surface area (Å²) in [4.78, 5) is 12.5. The molecule has 0 radical (unpaired) electrons. The second kappa shape index (κ2) is 3.92. The number of benzene rings is 1. The highest BCUT2D eigenvalue weighted by Crippen LogP contribution is 2.53. The number of hydrogen-bond donors (Lipinski definition) is 1. The molecular formula is C16H15N3. The van der Waals surface area contributed by atoms with Crippen LogP contribution in [0.3, 0.4) is 0 Å². The summed E-state index contributed by atoms with van der Waals surface area (Å²) in [6.45, 7) is 2.00. The van der Waals surface area contributed by atoms with Gasteiger partial charge in [0.15, 0.2) is 5.65 Å². The smallest absolute Gasteiger partial charge is 0.177 e. The number of hydrogen-bond acceptors (Lipinski definition) is 2. The van der Waals surface area contributed by atoms with Gasteiger partial charge in [-0.05, 0) is 37.0 Å². The minimum atomic E-state index is 0.525. The molecule has 3 nitrogen and oxygen atoms in total. The lowest BCUT2D eigenvalue weighted by molar-refractivity contribution is 0.936. The first-order valence-electron chi connectivity index (χ1n) is 6.69. The number of nitrogens with one attached hydrogen (secondary N) is 1. The van der Waals surface area contributed by atoms with Crippen molar-refractivity contribution >= 4 is 11.2 Å². The summed E-state index contributed by atoms with van der Waals surface area (Å²) in [5.41, 5.74) is 4.31. The highest BCUT2D eigenvalue weighted by Gasteiger charge is 2.41. The number of fused-ring (bicyclic) bond motifs is 1. The molecular weight excluding hydrogens is 234 g/mol. The van der Waals surface area contributed by atoms with Crippen molar-refractivity contribution in [2.75, 3.05) is 0 Å². The third-order valence-corrected chi connectivity index (χ3v) is 3.87. The third kappa shape index (κ3) is 1.82. The number of aromatic nitrogens is 3. The Labute approximate surface area is 111 Å². The average Bonchev–Trinajstić information content (AvgIpc) is 3.13. The van der Waals surface area contributed by atoms with E-state index in [2.05, 4.69) is 51.4 Å². The van der Waals surface area contributed by atoms with Gasteiger partial charge in [0.2, 0.25) is 0 Å². The zero-order valence-electron chi connectivity index (χ0n) is 10.8. The Balaban J connectivity index is 1.66. The van der Waals surface area contributed by atoms with E-state index in [1.54, 1.807) is 0 Å². The van der Waals surface area contributed by atoms with E-state index >= 15 is 0 Å². The topological polar surface area (TPSA) is 41.6 Å². The Kier molecular flexibility index (Phi) is 2.21. The van der Waals surface area contributed by atoms with E-state index in [1.807, 2.05) is 13.0 Å². The quantitative estimate of drug-likeness (QED) is 0.754. The lowest BCUT2D eigenvalue weighted by atomic mass is 10.1. The first-order chi connectivity index (χ1) is 9.31. The fourth-order valence-corrected chi connectivity index (χ4v) is 2.75. The fourth-order valence-electron chi connectivity index (χ4n) is 2.75. The minimum absolute atomic E-state index is 0.525. The Hall–Kier alpha value is -2.16. The van der Waals surface area contributed by atoms with Crippen LogP contribution in [0.1, 0.15) is 35.3 Å². The largest absolute Gasteiger partial charge is 0.340 e. The highest BCUT2D eigenvalue weighted by molar-refractivity contribution is 5.71. The summed E-state index contributed by atoms with van der Waals surface area (Å²) in [5.74, 6) is 2.22. The van der Waals surface area contributed by atoms with E-state index < -0.39 is 0 Å². The van der Waals surface area contributed by atoms with Crippen LogP contribution in [0.5, 0.6) is 0 Å². The monoisotopic (exact) mass is 249 g/mol. The molecule has 2 atom stereocenters. The molecule has 1 aliphatic carbocycles. The number of aryl methyl sites for hydroxylation is 1. The van der Waals surface area contributed by atoms with Gasteiger partial charge in [-0.25, -0.2) is 9.97 Å². The van der Waals surface area contributed by atoms with Crippen LogP contribution in [-0.2, 0) is 0 Å². The summed E-state index contributed by atoms with van der Waals surface area (Å²) in [6, 6.07) is 14.8. The number of nitrogens with zero attached hydrogens (tertiary/aromatic N) is 2. The molecule has 0 saturated heterocycles. The van der Waals surface area contributed by atoms with Crippen LogP contribution in [0.15, 0.2) is 42.5 Å². The fraction of sp³-hybridized carbons (Fsp3) is 0.250. The molecule has 1 aromatic carbocycles. The van der Waals surface area contributed by atoms with Gasteiger partial charge in [0.1, 0.15) is 5.82 Å². The zero-order valence-corrected chi connectivity index (χ0v) is 10.8. The Morgan fingerprint density at radius 1 is 1.00 bits per heavy atom. The van der Waals surface area contributed by atoms with Crippen LogP contribution in [0.25, 0.3) is 11.2 Å². The van der Waals surface area contributed by atoms with Crippen LogP contribution < -0.4 is 0 Å². The van der Waals surface area contributed by atoms with Crippen LogP contribution in [0.4, 0.5) is 0 Å². The highest BCUT2D eigenvalue weighted by atomic mass is 15.0. The van der Waals surface area contributed by atoms with Gasteiger partial charge in [-0.1, -0.05) is 30.3 Å². The predicted molar refractivity (Wildman–Crippen MR) is 75.2 cm³/mol. The molecule has 0 bridgehead atoms. The molecule has 1 saturated carbocycles. The minimum Gasteiger partial charge on any atom is -0.340 e. The van der Waals surface area contributed by atoms with Crippen molar-refractivity contribution in [1.82, 2.24) is 15.0 Å². The molecule has 1 N–H and O–H groups in total. The van der Waals surface area contributed by atoms with Gasteiger partial charge in [0.05, 0.1) is 5.52 Å². The summed E-state index contributed by atoms with van der Waals surface area (Å²) in [7, 11) is 0. The molecule has 2 heterocycles. The summed E-state index contributed by atoms with van der Waals surface area (Å²) in [5, 5.41) is 0. The van der Waals surface area contributed by atoms with Crippen LogP contribution in [0, 0.1) is 6.92 Å². The van der Waals surface area contributed by atoms with E-state index in [1.165, 1.54) is 12.0 Å². The molecule has 2 aromatic heterocycles. The second-order valence-corrected chi connectivity index (χ2v) is 5.31. The summed E-state index contributed by atoms with van der Waals surface area (Å²) in [6.07, 6.45) is 1.18. The van der Waals surface area contributed by atoms with E-state index in [0.717, 1.165) is 22.7 Å². The van der Waals surface area contributed by atoms with Crippen LogP contribution in [0.2, 0.25) is 0 Å². The molecule has 2 unspecified atom stereocenters. The maximum Gasteiger partial charge on any atom is 0.177 e. The molecule has 1 fully saturated rings. The third-order valence-electron chi connectivity index (χ3n) is 3.87.